The van der Waals surface area contributed by atoms with Crippen molar-refractivity contribution in [2.24, 2.45) is 5.73 Å². The van der Waals surface area contributed by atoms with Crippen LogP contribution < -0.4 is 5.73 Å². The van der Waals surface area contributed by atoms with Gasteiger partial charge in [0.05, 0.1) is 0 Å². The van der Waals surface area contributed by atoms with Crippen molar-refractivity contribution in [2.45, 2.75) is 10.6 Å². The molecule has 0 unspecified atom stereocenters. The molecule has 0 aromatic carbocycles. The average molecular weight is 203 g/mol. The zero-order valence-corrected chi connectivity index (χ0v) is 5.48. The summed E-state index contributed by atoms with van der Waals surface area (Å²) in [5, 5.41) is 0. The molecule has 0 aromatic rings. The molecule has 1 atom stereocenters. The molecular weight excluding hydrogens is 196 g/mol. The quantitative estimate of drug-likeness (QED) is 0.527. The first-order valence-electron chi connectivity index (χ1n) is 1.75. The van der Waals surface area contributed by atoms with Gasteiger partial charge in [0.15, 0.2) is 4.18 Å². The Morgan fingerprint density at radius 2 is 2.33 bits per heavy atom. The fourth-order valence-electron chi connectivity index (χ4n) is 0.126. The monoisotopic (exact) mass is 203 g/mol. The van der Waals surface area contributed by atoms with Crippen molar-refractivity contribution < 1.29 is 4.39 Å². The Hall–Kier alpha value is 0.620. The van der Waals surface area contributed by atoms with Crippen molar-refractivity contribution in [2.75, 3.05) is 6.54 Å². The fraction of sp³-hybridized carbons (Fsp3) is 1.00. The van der Waals surface area contributed by atoms with E-state index in [2.05, 4.69) is 0 Å². The summed E-state index contributed by atoms with van der Waals surface area (Å²) in [5.74, 6) is 0. The third-order valence-electron chi connectivity index (χ3n) is 0.385. The van der Waals surface area contributed by atoms with Gasteiger partial charge in [0, 0.05) is 6.42 Å². The molecule has 0 heterocycles. The molecule has 0 aromatic heterocycles. The van der Waals surface area contributed by atoms with Crippen LogP contribution in [0, 0.1) is 0 Å². The van der Waals surface area contributed by atoms with Gasteiger partial charge in [-0.15, -0.1) is 0 Å². The van der Waals surface area contributed by atoms with Gasteiger partial charge in [-0.05, 0) is 29.1 Å². The fourth-order valence-corrected chi connectivity index (χ4v) is 0.486. The molecule has 0 saturated carbocycles. The van der Waals surface area contributed by atoms with Crippen LogP contribution in [0.1, 0.15) is 6.42 Å². The van der Waals surface area contributed by atoms with Crippen LogP contribution in [0.15, 0.2) is 0 Å². The van der Waals surface area contributed by atoms with Crippen molar-refractivity contribution in [1.29, 1.82) is 0 Å². The molecule has 0 rings (SSSR count). The van der Waals surface area contributed by atoms with Gasteiger partial charge >= 0.3 is 0 Å². The minimum Gasteiger partial charge on any atom is -0.330 e. The molecular formula is C3H7FIN. The molecule has 0 spiro atoms. The zero-order valence-electron chi connectivity index (χ0n) is 3.32. The van der Waals surface area contributed by atoms with E-state index < -0.39 is 4.18 Å². The highest BCUT2D eigenvalue weighted by atomic mass is 127. The second-order valence-electron chi connectivity index (χ2n) is 0.968. The van der Waals surface area contributed by atoms with E-state index in [0.29, 0.717) is 13.0 Å². The molecule has 0 amide bonds. The minimum absolute atomic E-state index is 0.449. The summed E-state index contributed by atoms with van der Waals surface area (Å²) in [7, 11) is 0. The molecule has 38 valence electrons. The average Bonchev–Trinajstić information content (AvgIpc) is 1.35. The first kappa shape index (κ1) is 6.62. The van der Waals surface area contributed by atoms with Crippen molar-refractivity contribution >= 4 is 22.6 Å². The third kappa shape index (κ3) is 4.62. The first-order valence-corrected chi connectivity index (χ1v) is 3.00. The first-order chi connectivity index (χ1) is 2.77. The molecule has 0 aliphatic heterocycles. The summed E-state index contributed by atoms with van der Waals surface area (Å²) in [6.45, 7) is 0.449. The number of alkyl halides is 2. The Kier molecular flexibility index (Phi) is 4.19. The van der Waals surface area contributed by atoms with Crippen LogP contribution in [0.5, 0.6) is 0 Å². The van der Waals surface area contributed by atoms with E-state index >= 15 is 0 Å². The second kappa shape index (κ2) is 3.80. The molecule has 0 bridgehead atoms. The van der Waals surface area contributed by atoms with Crippen LogP contribution in [0.25, 0.3) is 0 Å². The Morgan fingerprint density at radius 3 is 2.33 bits per heavy atom. The third-order valence-corrected chi connectivity index (χ3v) is 1.01. The summed E-state index contributed by atoms with van der Waals surface area (Å²) in [6, 6.07) is 0. The summed E-state index contributed by atoms with van der Waals surface area (Å²) < 4.78 is 10.9. The van der Waals surface area contributed by atoms with Gasteiger partial charge in [-0.3, -0.25) is 0 Å². The van der Waals surface area contributed by atoms with Crippen LogP contribution >= 0.6 is 22.6 Å². The lowest BCUT2D eigenvalue weighted by molar-refractivity contribution is 0.454. The standard InChI is InChI=1S/C3H7FIN/c4-3(5)1-2-6/h3H,1-2,6H2/t3-/m1/s1. The maximum atomic E-state index is 11.6. The Morgan fingerprint density at radius 1 is 1.83 bits per heavy atom. The Bertz CT molecular complexity index is 32.0. The number of nitrogens with two attached hydrogens (primary N) is 1. The van der Waals surface area contributed by atoms with Crippen LogP contribution in [0.3, 0.4) is 0 Å². The van der Waals surface area contributed by atoms with E-state index in [0.717, 1.165) is 0 Å². The van der Waals surface area contributed by atoms with Gasteiger partial charge in [-0.25, -0.2) is 4.39 Å². The molecule has 0 saturated heterocycles. The van der Waals surface area contributed by atoms with E-state index in [4.69, 9.17) is 5.73 Å². The van der Waals surface area contributed by atoms with Crippen LogP contribution in [-0.2, 0) is 0 Å². The predicted molar refractivity (Wildman–Crippen MR) is 32.6 cm³/mol. The molecule has 6 heavy (non-hydrogen) atoms. The SMILES string of the molecule is NCC[C@H](F)I. The van der Waals surface area contributed by atoms with Gasteiger partial charge in [0.1, 0.15) is 0 Å². The number of halogens is 2. The van der Waals surface area contributed by atoms with Crippen molar-refractivity contribution in [1.82, 2.24) is 0 Å². The largest absolute Gasteiger partial charge is 0.330 e. The molecule has 2 N–H and O–H groups in total. The smallest absolute Gasteiger partial charge is 0.152 e. The van der Waals surface area contributed by atoms with Gasteiger partial charge in [0.2, 0.25) is 0 Å². The highest BCUT2D eigenvalue weighted by Crippen LogP contribution is 2.03. The molecule has 0 fully saturated rings. The summed E-state index contributed by atoms with van der Waals surface area (Å²) in [6.07, 6.45) is 0.473. The normalized spacial score (nSPS) is 14.5. The van der Waals surface area contributed by atoms with Gasteiger partial charge < -0.3 is 5.73 Å². The van der Waals surface area contributed by atoms with E-state index in [-0.39, 0.29) is 0 Å². The number of hydrogen-bond donors (Lipinski definition) is 1. The van der Waals surface area contributed by atoms with Crippen LogP contribution in [-0.4, -0.2) is 10.7 Å². The lowest BCUT2D eigenvalue weighted by Crippen LogP contribution is -2.02. The minimum atomic E-state index is -0.757. The zero-order chi connectivity index (χ0) is 4.99. The van der Waals surface area contributed by atoms with Crippen molar-refractivity contribution in [3.8, 4) is 0 Å². The van der Waals surface area contributed by atoms with Crippen molar-refractivity contribution in [3.63, 3.8) is 0 Å². The molecule has 0 radical (unpaired) electrons. The van der Waals surface area contributed by atoms with Crippen LogP contribution in [0.4, 0.5) is 4.39 Å². The maximum Gasteiger partial charge on any atom is 0.152 e. The van der Waals surface area contributed by atoms with E-state index in [1.807, 2.05) is 0 Å². The number of hydrogen-bond acceptors (Lipinski definition) is 1. The van der Waals surface area contributed by atoms with E-state index in [1.165, 1.54) is 0 Å². The molecule has 0 aliphatic rings. The lowest BCUT2D eigenvalue weighted by Gasteiger charge is -1.90. The number of rotatable bonds is 2. The van der Waals surface area contributed by atoms with Gasteiger partial charge in [0.25, 0.3) is 0 Å². The lowest BCUT2D eigenvalue weighted by atomic mass is 10.5. The summed E-state index contributed by atoms with van der Waals surface area (Å²) in [4.78, 5) is 0. The highest BCUT2D eigenvalue weighted by Gasteiger charge is 1.93. The second-order valence-corrected chi connectivity index (χ2v) is 2.32. The Labute approximate surface area is 50.2 Å². The summed E-state index contributed by atoms with van der Waals surface area (Å²) >= 11 is 1.70. The predicted octanol–water partition coefficient (Wildman–Crippen LogP) is 1.07. The molecule has 3 heteroatoms. The van der Waals surface area contributed by atoms with Gasteiger partial charge in [-0.1, -0.05) is 0 Å². The van der Waals surface area contributed by atoms with Gasteiger partial charge in [-0.2, -0.15) is 0 Å². The van der Waals surface area contributed by atoms with Crippen LogP contribution in [0.2, 0.25) is 0 Å². The van der Waals surface area contributed by atoms with Crippen molar-refractivity contribution in [3.05, 3.63) is 0 Å². The van der Waals surface area contributed by atoms with E-state index in [1.54, 1.807) is 22.6 Å². The Balaban J connectivity index is 2.63. The maximum absolute atomic E-state index is 11.6. The summed E-state index contributed by atoms with van der Waals surface area (Å²) in [5.41, 5.74) is 4.98. The topological polar surface area (TPSA) is 26.0 Å². The highest BCUT2D eigenvalue weighted by molar-refractivity contribution is 14.1. The molecule has 0 aliphatic carbocycles. The van der Waals surface area contributed by atoms with E-state index in [9.17, 15) is 4.39 Å². The molecule has 1 nitrogen and oxygen atoms in total.